The van der Waals surface area contributed by atoms with Crippen molar-refractivity contribution in [3.63, 3.8) is 0 Å². The van der Waals surface area contributed by atoms with Gasteiger partial charge in [-0.2, -0.15) is 0 Å². The lowest BCUT2D eigenvalue weighted by atomic mass is 10.1. The quantitative estimate of drug-likeness (QED) is 0.886. The number of sulfonamides is 1. The second kappa shape index (κ2) is 6.43. The molecule has 0 unspecified atom stereocenters. The third-order valence-corrected chi connectivity index (χ3v) is 4.57. The van der Waals surface area contributed by atoms with Crippen molar-refractivity contribution in [2.75, 3.05) is 12.4 Å². The third kappa shape index (κ3) is 3.93. The fourth-order valence-corrected chi connectivity index (χ4v) is 3.15. The van der Waals surface area contributed by atoms with Crippen LogP contribution in [0.3, 0.4) is 0 Å². The number of benzene rings is 1. The van der Waals surface area contributed by atoms with E-state index < -0.39 is 10.0 Å². The van der Waals surface area contributed by atoms with Crippen LogP contribution in [-0.4, -0.2) is 20.4 Å². The summed E-state index contributed by atoms with van der Waals surface area (Å²) >= 11 is 5.96. The molecule has 112 valence electrons. The maximum absolute atomic E-state index is 12.2. The van der Waals surface area contributed by atoms with Gasteiger partial charge in [-0.05, 0) is 18.6 Å². The van der Waals surface area contributed by atoms with Gasteiger partial charge in [-0.15, -0.1) is 0 Å². The maximum atomic E-state index is 12.2. The molecule has 2 aromatic rings. The maximum Gasteiger partial charge on any atom is 0.242 e. The minimum Gasteiger partial charge on any atom is -0.372 e. The Balaban J connectivity index is 2.17. The van der Waals surface area contributed by atoms with Crippen molar-refractivity contribution in [1.29, 1.82) is 0 Å². The van der Waals surface area contributed by atoms with E-state index in [9.17, 15) is 8.42 Å². The van der Waals surface area contributed by atoms with E-state index >= 15 is 0 Å². The van der Waals surface area contributed by atoms with E-state index in [4.69, 9.17) is 11.6 Å². The molecule has 0 radical (unpaired) electrons. The van der Waals surface area contributed by atoms with E-state index in [-0.39, 0.29) is 16.5 Å². The van der Waals surface area contributed by atoms with Crippen molar-refractivity contribution >= 4 is 27.4 Å². The number of nitrogens with one attached hydrogen (secondary N) is 2. The molecule has 0 amide bonds. The van der Waals surface area contributed by atoms with E-state index in [2.05, 4.69) is 15.0 Å². The molecule has 21 heavy (non-hydrogen) atoms. The van der Waals surface area contributed by atoms with Gasteiger partial charge in [0.2, 0.25) is 10.0 Å². The predicted octanol–water partition coefficient (Wildman–Crippen LogP) is 2.56. The van der Waals surface area contributed by atoms with Crippen LogP contribution in [0.2, 0.25) is 5.02 Å². The number of pyridine rings is 1. The fraction of sp³-hybridized carbons (Fsp3) is 0.214. The second-order valence-corrected chi connectivity index (χ2v) is 6.74. The fourth-order valence-electron chi connectivity index (χ4n) is 1.84. The first kappa shape index (κ1) is 15.8. The average Bonchev–Trinajstić information content (AvgIpc) is 2.45. The molecular formula is C14H16ClN3O2S. The smallest absolute Gasteiger partial charge is 0.242 e. The molecule has 0 aliphatic rings. The van der Waals surface area contributed by atoms with Crippen molar-refractivity contribution in [2.45, 2.75) is 18.4 Å². The Hall–Kier alpha value is -1.63. The van der Waals surface area contributed by atoms with Crippen molar-refractivity contribution in [1.82, 2.24) is 9.71 Å². The van der Waals surface area contributed by atoms with Crippen molar-refractivity contribution in [2.24, 2.45) is 0 Å². The molecule has 0 saturated heterocycles. The van der Waals surface area contributed by atoms with Gasteiger partial charge in [0.15, 0.2) is 0 Å². The third-order valence-electron chi connectivity index (χ3n) is 2.91. The van der Waals surface area contributed by atoms with Gasteiger partial charge in [-0.1, -0.05) is 41.4 Å². The number of anilines is 1. The Bertz CT molecular complexity index is 748. The van der Waals surface area contributed by atoms with E-state index in [0.29, 0.717) is 5.82 Å². The molecule has 1 heterocycles. The summed E-state index contributed by atoms with van der Waals surface area (Å²) < 4.78 is 27.0. The highest BCUT2D eigenvalue weighted by atomic mass is 35.5. The summed E-state index contributed by atoms with van der Waals surface area (Å²) in [6, 6.07) is 9.01. The van der Waals surface area contributed by atoms with Gasteiger partial charge < -0.3 is 5.32 Å². The molecule has 0 saturated carbocycles. The minimum absolute atomic E-state index is 0.0409. The van der Waals surface area contributed by atoms with Gasteiger partial charge in [0.05, 0.1) is 5.02 Å². The van der Waals surface area contributed by atoms with Gasteiger partial charge >= 0.3 is 0 Å². The van der Waals surface area contributed by atoms with Crippen LogP contribution in [0.25, 0.3) is 0 Å². The predicted molar refractivity (Wildman–Crippen MR) is 84.0 cm³/mol. The lowest BCUT2D eigenvalue weighted by Crippen LogP contribution is -2.23. The minimum atomic E-state index is -3.64. The van der Waals surface area contributed by atoms with Crippen LogP contribution in [0.1, 0.15) is 11.1 Å². The van der Waals surface area contributed by atoms with Gasteiger partial charge in [-0.3, -0.25) is 0 Å². The largest absolute Gasteiger partial charge is 0.372 e. The topological polar surface area (TPSA) is 71.1 Å². The lowest BCUT2D eigenvalue weighted by molar-refractivity contribution is 0.581. The molecule has 0 bridgehead atoms. The van der Waals surface area contributed by atoms with Gasteiger partial charge in [0, 0.05) is 19.8 Å². The van der Waals surface area contributed by atoms with Crippen LogP contribution in [0, 0.1) is 6.92 Å². The summed E-state index contributed by atoms with van der Waals surface area (Å²) in [4.78, 5) is 4.01. The van der Waals surface area contributed by atoms with Crippen LogP contribution in [0.4, 0.5) is 5.82 Å². The second-order valence-electron chi connectivity index (χ2n) is 4.57. The highest BCUT2D eigenvalue weighted by molar-refractivity contribution is 7.89. The molecule has 2 N–H and O–H groups in total. The normalized spacial score (nSPS) is 11.4. The number of aromatic nitrogens is 1. The highest BCUT2D eigenvalue weighted by Gasteiger charge is 2.16. The number of aryl methyl sites for hydroxylation is 1. The molecule has 2 rings (SSSR count). The van der Waals surface area contributed by atoms with Crippen molar-refractivity contribution in [3.05, 3.63) is 52.7 Å². The van der Waals surface area contributed by atoms with Crippen LogP contribution in [0.5, 0.6) is 0 Å². The number of rotatable bonds is 5. The lowest BCUT2D eigenvalue weighted by Gasteiger charge is -2.09. The van der Waals surface area contributed by atoms with Gasteiger partial charge in [-0.25, -0.2) is 18.1 Å². The summed E-state index contributed by atoms with van der Waals surface area (Å²) in [6.07, 6.45) is 1.27. The van der Waals surface area contributed by atoms with Crippen LogP contribution in [-0.2, 0) is 16.6 Å². The summed E-state index contributed by atoms with van der Waals surface area (Å²) in [5.74, 6) is 0.439. The Morgan fingerprint density at radius 2 is 2.05 bits per heavy atom. The summed E-state index contributed by atoms with van der Waals surface area (Å²) in [5, 5.41) is 3.04. The number of halogens is 1. The SMILES string of the molecule is CNc1ncc(S(=O)(=O)NCc2cccc(C)c2)cc1Cl. The first-order valence-electron chi connectivity index (χ1n) is 6.31. The summed E-state index contributed by atoms with van der Waals surface area (Å²) in [5.41, 5.74) is 1.97. The Morgan fingerprint density at radius 3 is 2.67 bits per heavy atom. The monoisotopic (exact) mass is 325 g/mol. The summed E-state index contributed by atoms with van der Waals surface area (Å²) in [7, 11) is -1.98. The average molecular weight is 326 g/mol. The van der Waals surface area contributed by atoms with Gasteiger partial charge in [0.25, 0.3) is 0 Å². The number of hydrogen-bond donors (Lipinski definition) is 2. The Kier molecular flexibility index (Phi) is 4.82. The first-order chi connectivity index (χ1) is 9.92. The van der Waals surface area contributed by atoms with E-state index in [0.717, 1.165) is 11.1 Å². The molecule has 0 aliphatic carbocycles. The van der Waals surface area contributed by atoms with Gasteiger partial charge in [0.1, 0.15) is 10.7 Å². The summed E-state index contributed by atoms with van der Waals surface area (Å²) in [6.45, 7) is 2.17. The Labute approximate surface area is 129 Å². The zero-order valence-corrected chi connectivity index (χ0v) is 13.3. The molecule has 1 aromatic heterocycles. The van der Waals surface area contributed by atoms with E-state index in [1.165, 1.54) is 12.3 Å². The molecule has 0 atom stereocenters. The zero-order valence-electron chi connectivity index (χ0n) is 11.7. The zero-order chi connectivity index (χ0) is 15.5. The Morgan fingerprint density at radius 1 is 1.29 bits per heavy atom. The number of nitrogens with zero attached hydrogens (tertiary/aromatic N) is 1. The van der Waals surface area contributed by atoms with Crippen LogP contribution >= 0.6 is 11.6 Å². The van der Waals surface area contributed by atoms with Crippen molar-refractivity contribution < 1.29 is 8.42 Å². The van der Waals surface area contributed by atoms with Crippen LogP contribution in [0.15, 0.2) is 41.4 Å². The molecule has 0 fully saturated rings. The van der Waals surface area contributed by atoms with Crippen molar-refractivity contribution in [3.8, 4) is 0 Å². The van der Waals surface area contributed by atoms with E-state index in [1.807, 2.05) is 31.2 Å². The first-order valence-corrected chi connectivity index (χ1v) is 8.17. The van der Waals surface area contributed by atoms with E-state index in [1.54, 1.807) is 7.05 Å². The highest BCUT2D eigenvalue weighted by Crippen LogP contribution is 2.22. The molecule has 5 nitrogen and oxygen atoms in total. The van der Waals surface area contributed by atoms with Crippen LogP contribution < -0.4 is 10.0 Å². The molecule has 0 spiro atoms. The molecule has 7 heteroatoms. The molecule has 0 aliphatic heterocycles. The molecule has 1 aromatic carbocycles. The number of hydrogen-bond acceptors (Lipinski definition) is 4. The standard InChI is InChI=1S/C14H16ClN3O2S/c1-10-4-3-5-11(6-10)8-18-21(19,20)12-7-13(15)14(16-2)17-9-12/h3-7,9,18H,8H2,1-2H3,(H,16,17). The molecular weight excluding hydrogens is 310 g/mol.